The van der Waals surface area contributed by atoms with Gasteiger partial charge in [0.1, 0.15) is 0 Å². The molecule has 0 saturated heterocycles. The number of fused-ring (bicyclic) bond motifs is 1. The normalized spacial score (nSPS) is 12.3. The Morgan fingerprint density at radius 1 is 1.10 bits per heavy atom. The fraction of sp³-hybridized carbons (Fsp3) is 0.176. The summed E-state index contributed by atoms with van der Waals surface area (Å²) in [6.45, 7) is -0.157. The minimum absolute atomic E-state index is 0. The Labute approximate surface area is 174 Å². The zero-order chi connectivity index (χ0) is 21.2. The van der Waals surface area contributed by atoms with Crippen molar-refractivity contribution in [2.75, 3.05) is 6.54 Å². The zero-order valence-electron chi connectivity index (χ0n) is 15.3. The molecule has 5 N–H and O–H groups in total. The second kappa shape index (κ2) is 9.33. The number of halogens is 1. The number of nitro groups is 1. The van der Waals surface area contributed by atoms with Gasteiger partial charge in [0, 0.05) is 25.2 Å². The van der Waals surface area contributed by atoms with Crippen molar-refractivity contribution < 1.29 is 19.3 Å². The number of nitro benzene ring substituents is 1. The SMILES string of the molecule is Cl.O=c1[nH]c2cc([N+](=O)[O-])cc(CNCC(c3ccccc3)P(=O)(O)O)c2[nH]c1=O. The Kier molecular flexibility index (Phi) is 7.30. The Morgan fingerprint density at radius 2 is 1.73 bits per heavy atom. The number of hydrogen-bond donors (Lipinski definition) is 5. The predicted molar refractivity (Wildman–Crippen MR) is 112 cm³/mol. The molecule has 1 atom stereocenters. The van der Waals surface area contributed by atoms with Crippen LogP contribution in [0, 0.1) is 10.1 Å². The largest absolute Gasteiger partial charge is 0.334 e. The summed E-state index contributed by atoms with van der Waals surface area (Å²) < 4.78 is 11.9. The van der Waals surface area contributed by atoms with Crippen LogP contribution in [0.25, 0.3) is 11.0 Å². The van der Waals surface area contributed by atoms with Crippen molar-refractivity contribution >= 4 is 36.7 Å². The van der Waals surface area contributed by atoms with Crippen molar-refractivity contribution in [3.63, 3.8) is 0 Å². The quantitative estimate of drug-likeness (QED) is 0.154. The molecular weight excluding hydrogens is 439 g/mol. The van der Waals surface area contributed by atoms with E-state index in [9.17, 15) is 34.1 Å². The van der Waals surface area contributed by atoms with Gasteiger partial charge < -0.3 is 25.1 Å². The number of aromatic nitrogens is 2. The van der Waals surface area contributed by atoms with Crippen LogP contribution in [-0.2, 0) is 11.1 Å². The maximum atomic E-state index is 11.9. The summed E-state index contributed by atoms with van der Waals surface area (Å²) in [6.07, 6.45) is 0. The van der Waals surface area contributed by atoms with Gasteiger partial charge in [0.05, 0.1) is 21.6 Å². The van der Waals surface area contributed by atoms with E-state index in [2.05, 4.69) is 15.3 Å². The summed E-state index contributed by atoms with van der Waals surface area (Å²) >= 11 is 0. The summed E-state index contributed by atoms with van der Waals surface area (Å²) in [5.41, 5.74) is -2.27. The lowest BCUT2D eigenvalue weighted by atomic mass is 10.1. The summed E-state index contributed by atoms with van der Waals surface area (Å²) in [6, 6.07) is 10.6. The molecule has 3 rings (SSSR count). The molecule has 0 radical (unpaired) electrons. The van der Waals surface area contributed by atoms with E-state index in [1.54, 1.807) is 30.3 Å². The van der Waals surface area contributed by atoms with Crippen LogP contribution in [0.1, 0.15) is 16.8 Å². The first-order valence-electron chi connectivity index (χ1n) is 8.41. The van der Waals surface area contributed by atoms with Crippen molar-refractivity contribution in [2.24, 2.45) is 0 Å². The van der Waals surface area contributed by atoms with Crippen molar-refractivity contribution in [2.45, 2.75) is 12.2 Å². The molecule has 1 heterocycles. The van der Waals surface area contributed by atoms with Crippen LogP contribution >= 0.6 is 20.0 Å². The van der Waals surface area contributed by atoms with Crippen molar-refractivity contribution in [3.05, 3.63) is 84.4 Å². The predicted octanol–water partition coefficient (Wildman–Crippen LogP) is 1.55. The minimum Gasteiger partial charge on any atom is -0.324 e. The van der Waals surface area contributed by atoms with Crippen LogP contribution < -0.4 is 16.4 Å². The first-order chi connectivity index (χ1) is 13.7. The van der Waals surface area contributed by atoms with Crippen LogP contribution in [-0.4, -0.2) is 31.2 Å². The number of non-ortho nitro benzene ring substituents is 1. The van der Waals surface area contributed by atoms with Gasteiger partial charge in [-0.3, -0.25) is 24.3 Å². The van der Waals surface area contributed by atoms with Gasteiger partial charge in [0.15, 0.2) is 0 Å². The number of nitrogens with zero attached hydrogens (tertiary/aromatic N) is 1. The third-order valence-corrected chi connectivity index (χ3v) is 5.64. The highest BCUT2D eigenvalue weighted by atomic mass is 35.5. The maximum Gasteiger partial charge on any atom is 0.334 e. The minimum atomic E-state index is -4.48. The molecule has 0 aliphatic heterocycles. The van der Waals surface area contributed by atoms with E-state index in [0.717, 1.165) is 6.07 Å². The lowest BCUT2D eigenvalue weighted by molar-refractivity contribution is -0.384. The van der Waals surface area contributed by atoms with E-state index >= 15 is 0 Å². The first-order valence-corrected chi connectivity index (χ1v) is 10.1. The molecule has 0 spiro atoms. The summed E-state index contributed by atoms with van der Waals surface area (Å²) in [5, 5.41) is 14.0. The lowest BCUT2D eigenvalue weighted by Crippen LogP contribution is -2.29. The third kappa shape index (κ3) is 5.21. The van der Waals surface area contributed by atoms with Crippen molar-refractivity contribution in [1.82, 2.24) is 15.3 Å². The van der Waals surface area contributed by atoms with Gasteiger partial charge in [-0.1, -0.05) is 30.3 Å². The molecular formula is C17H18ClN4O7P. The molecule has 1 unspecified atom stereocenters. The van der Waals surface area contributed by atoms with Crippen LogP contribution in [0.4, 0.5) is 5.69 Å². The molecule has 0 aliphatic carbocycles. The fourth-order valence-electron chi connectivity index (χ4n) is 2.98. The molecule has 0 bridgehead atoms. The van der Waals surface area contributed by atoms with Gasteiger partial charge in [0.2, 0.25) is 0 Å². The molecule has 1 aromatic heterocycles. The fourth-order valence-corrected chi connectivity index (χ4v) is 3.90. The van der Waals surface area contributed by atoms with Crippen LogP contribution in [0.15, 0.2) is 52.1 Å². The second-order valence-corrected chi connectivity index (χ2v) is 8.14. The molecule has 0 aliphatic rings. The van der Waals surface area contributed by atoms with Gasteiger partial charge >= 0.3 is 18.7 Å². The van der Waals surface area contributed by atoms with E-state index in [1.807, 2.05) is 0 Å². The number of hydrogen-bond acceptors (Lipinski definition) is 6. The smallest absolute Gasteiger partial charge is 0.324 e. The number of benzene rings is 2. The van der Waals surface area contributed by atoms with Gasteiger partial charge in [-0.05, 0) is 11.1 Å². The molecule has 2 aromatic carbocycles. The molecule has 0 fully saturated rings. The van der Waals surface area contributed by atoms with E-state index in [1.165, 1.54) is 6.07 Å². The average Bonchev–Trinajstić information content (AvgIpc) is 2.65. The Balaban J connectivity index is 0.00000320. The standard InChI is InChI=1S/C17H17N4O7P.ClH/c22-16-17(23)20-15-11(6-12(21(24)25)7-13(15)19-16)8-18-9-14(29(26,27)28)10-4-2-1-3-5-10;/h1-7,14,18H,8-9H2,(H,19,22)(H,20,23)(H2,26,27,28);1H. The van der Waals surface area contributed by atoms with Gasteiger partial charge in [-0.25, -0.2) is 0 Å². The number of H-pyrrole nitrogens is 2. The molecule has 0 saturated carbocycles. The lowest BCUT2D eigenvalue weighted by Gasteiger charge is -2.19. The Morgan fingerprint density at radius 3 is 2.33 bits per heavy atom. The monoisotopic (exact) mass is 456 g/mol. The van der Waals surface area contributed by atoms with Crippen molar-refractivity contribution in [1.29, 1.82) is 0 Å². The number of nitrogens with one attached hydrogen (secondary N) is 3. The van der Waals surface area contributed by atoms with E-state index in [4.69, 9.17) is 0 Å². The topological polar surface area (TPSA) is 178 Å². The highest BCUT2D eigenvalue weighted by Gasteiger charge is 2.30. The van der Waals surface area contributed by atoms with Gasteiger partial charge in [-0.15, -0.1) is 12.4 Å². The van der Waals surface area contributed by atoms with Crippen LogP contribution in [0.2, 0.25) is 0 Å². The van der Waals surface area contributed by atoms with Gasteiger partial charge in [0.25, 0.3) is 5.69 Å². The second-order valence-electron chi connectivity index (χ2n) is 6.34. The van der Waals surface area contributed by atoms with Gasteiger partial charge in [-0.2, -0.15) is 0 Å². The highest BCUT2D eigenvalue weighted by molar-refractivity contribution is 7.52. The number of aromatic amines is 2. The highest BCUT2D eigenvalue weighted by Crippen LogP contribution is 2.51. The Hall–Kier alpha value is -2.82. The zero-order valence-corrected chi connectivity index (χ0v) is 17.0. The van der Waals surface area contributed by atoms with Crippen molar-refractivity contribution in [3.8, 4) is 0 Å². The molecule has 3 aromatic rings. The van der Waals surface area contributed by atoms with E-state index in [0.29, 0.717) is 11.1 Å². The van der Waals surface area contributed by atoms with E-state index in [-0.39, 0.29) is 42.2 Å². The first kappa shape index (κ1) is 23.5. The number of rotatable bonds is 7. The van der Waals surface area contributed by atoms with Crippen LogP contribution in [0.3, 0.4) is 0 Å². The molecule has 13 heteroatoms. The average molecular weight is 457 g/mol. The molecule has 11 nitrogen and oxygen atoms in total. The maximum absolute atomic E-state index is 11.9. The third-order valence-electron chi connectivity index (χ3n) is 4.35. The molecule has 160 valence electrons. The van der Waals surface area contributed by atoms with E-state index < -0.39 is 29.3 Å². The summed E-state index contributed by atoms with van der Waals surface area (Å²) in [4.78, 5) is 57.7. The molecule has 0 amide bonds. The molecule has 30 heavy (non-hydrogen) atoms. The van der Waals surface area contributed by atoms with Crippen LogP contribution in [0.5, 0.6) is 0 Å². The summed E-state index contributed by atoms with van der Waals surface area (Å²) in [5.74, 6) is 0. The Bertz CT molecular complexity index is 1220. The summed E-state index contributed by atoms with van der Waals surface area (Å²) in [7, 11) is -4.48.